The molecule has 0 aliphatic rings. The number of benzene rings is 1. The number of aryl methyl sites for hydroxylation is 1. The molecule has 0 amide bonds. The van der Waals surface area contributed by atoms with Gasteiger partial charge >= 0.3 is 0 Å². The van der Waals surface area contributed by atoms with Crippen molar-refractivity contribution < 1.29 is 4.74 Å². The van der Waals surface area contributed by atoms with E-state index in [-0.39, 0.29) is 0 Å². The van der Waals surface area contributed by atoms with E-state index in [2.05, 4.69) is 39.2 Å². The zero-order chi connectivity index (χ0) is 11.7. The minimum Gasteiger partial charge on any atom is -0.495 e. The number of hydrogen-bond acceptors (Lipinski definition) is 2. The van der Waals surface area contributed by atoms with Crippen LogP contribution in [0.5, 0.6) is 5.75 Å². The molecule has 0 aliphatic heterocycles. The topological polar surface area (TPSA) is 37.0 Å². The maximum Gasteiger partial charge on any atom is 0.143 e. The summed E-state index contributed by atoms with van der Waals surface area (Å²) in [5.74, 6) is 0.887. The third kappa shape index (κ3) is 1.83. The lowest BCUT2D eigenvalue weighted by molar-refractivity contribution is 0.418. The molecule has 1 heterocycles. The van der Waals surface area contributed by atoms with Crippen LogP contribution in [-0.2, 0) is 6.54 Å². The Morgan fingerprint density at radius 3 is 2.81 bits per heavy atom. The van der Waals surface area contributed by atoms with Crippen LogP contribution >= 0.6 is 15.9 Å². The molecule has 1 aromatic heterocycles. The maximum absolute atomic E-state index is 5.38. The number of H-pyrrole nitrogens is 1. The molecule has 1 aromatic carbocycles. The summed E-state index contributed by atoms with van der Waals surface area (Å²) in [5, 5.41) is 4.30. The van der Waals surface area contributed by atoms with Crippen molar-refractivity contribution in [2.45, 2.75) is 13.5 Å². The number of fused-ring (bicyclic) bond motifs is 1. The number of aromatic nitrogens is 1. The van der Waals surface area contributed by atoms with Crippen molar-refractivity contribution >= 4 is 26.8 Å². The van der Waals surface area contributed by atoms with Gasteiger partial charge in [-0.1, -0.05) is 0 Å². The molecule has 0 spiro atoms. The Hall–Kier alpha value is -1.00. The van der Waals surface area contributed by atoms with Crippen LogP contribution in [0.15, 0.2) is 16.6 Å². The molecule has 0 saturated carbocycles. The van der Waals surface area contributed by atoms with Crippen LogP contribution in [0.4, 0.5) is 0 Å². The maximum atomic E-state index is 5.38. The highest BCUT2D eigenvalue weighted by molar-refractivity contribution is 9.10. The van der Waals surface area contributed by atoms with Gasteiger partial charge in [-0.3, -0.25) is 0 Å². The van der Waals surface area contributed by atoms with Gasteiger partial charge in [0.1, 0.15) is 5.75 Å². The average molecular weight is 283 g/mol. The molecule has 3 nitrogen and oxygen atoms in total. The van der Waals surface area contributed by atoms with E-state index in [1.807, 2.05) is 13.1 Å². The largest absolute Gasteiger partial charge is 0.495 e. The molecule has 2 N–H and O–H groups in total. The lowest BCUT2D eigenvalue weighted by Crippen LogP contribution is -2.05. The fourth-order valence-corrected chi connectivity index (χ4v) is 2.44. The Balaban J connectivity index is 2.69. The highest BCUT2D eigenvalue weighted by Gasteiger charge is 2.12. The molecule has 4 heteroatoms. The van der Waals surface area contributed by atoms with E-state index in [1.54, 1.807) is 7.11 Å². The Kier molecular flexibility index (Phi) is 3.21. The Labute approximate surface area is 103 Å². The van der Waals surface area contributed by atoms with Crippen LogP contribution in [-0.4, -0.2) is 19.1 Å². The molecular formula is C12H15BrN2O. The van der Waals surface area contributed by atoms with Gasteiger partial charge in [-0.2, -0.15) is 0 Å². The molecule has 2 aromatic rings. The van der Waals surface area contributed by atoms with Gasteiger partial charge in [-0.15, -0.1) is 0 Å². The van der Waals surface area contributed by atoms with Crippen LogP contribution < -0.4 is 10.1 Å². The highest BCUT2D eigenvalue weighted by atomic mass is 79.9. The summed E-state index contributed by atoms with van der Waals surface area (Å²) in [6.45, 7) is 2.87. The highest BCUT2D eigenvalue weighted by Crippen LogP contribution is 2.34. The van der Waals surface area contributed by atoms with E-state index >= 15 is 0 Å². The van der Waals surface area contributed by atoms with Crippen molar-refractivity contribution in [2.75, 3.05) is 14.2 Å². The van der Waals surface area contributed by atoms with Gasteiger partial charge in [0.2, 0.25) is 0 Å². The quantitative estimate of drug-likeness (QED) is 0.908. The summed E-state index contributed by atoms with van der Waals surface area (Å²) in [6.07, 6.45) is 0. The molecule has 0 atom stereocenters. The van der Waals surface area contributed by atoms with Crippen LogP contribution in [0.1, 0.15) is 11.3 Å². The second-order valence-corrected chi connectivity index (χ2v) is 4.63. The number of aromatic amines is 1. The standard InChI is InChI=1S/C12H15BrN2O/c1-7-4-8-11(13)9(6-14-2)15-12(8)10(5-7)16-3/h4-5,14-15H,6H2,1-3H3. The van der Waals surface area contributed by atoms with Gasteiger partial charge in [0.05, 0.1) is 12.6 Å². The zero-order valence-corrected chi connectivity index (χ0v) is 11.2. The second kappa shape index (κ2) is 4.47. The molecule has 0 radical (unpaired) electrons. The molecule has 2 rings (SSSR count). The number of nitrogens with one attached hydrogen (secondary N) is 2. The average Bonchev–Trinajstić information content (AvgIpc) is 2.57. The molecule has 86 valence electrons. The number of halogens is 1. The van der Waals surface area contributed by atoms with E-state index in [4.69, 9.17) is 4.74 Å². The van der Waals surface area contributed by atoms with E-state index in [0.29, 0.717) is 0 Å². The lowest BCUT2D eigenvalue weighted by atomic mass is 10.1. The molecule has 0 bridgehead atoms. The van der Waals surface area contributed by atoms with Crippen LogP contribution in [0, 0.1) is 6.92 Å². The first kappa shape index (κ1) is 11.5. The Morgan fingerprint density at radius 2 is 2.19 bits per heavy atom. The smallest absolute Gasteiger partial charge is 0.143 e. The summed E-state index contributed by atoms with van der Waals surface area (Å²) >= 11 is 3.62. The van der Waals surface area contributed by atoms with E-state index in [0.717, 1.165) is 28.0 Å². The van der Waals surface area contributed by atoms with Gasteiger partial charge in [0.25, 0.3) is 0 Å². The van der Waals surface area contributed by atoms with Crippen LogP contribution in [0.3, 0.4) is 0 Å². The summed E-state index contributed by atoms with van der Waals surface area (Å²) < 4.78 is 6.49. The van der Waals surface area contributed by atoms with E-state index in [9.17, 15) is 0 Å². The van der Waals surface area contributed by atoms with Gasteiger partial charge < -0.3 is 15.0 Å². The van der Waals surface area contributed by atoms with Gasteiger partial charge in [-0.25, -0.2) is 0 Å². The third-order valence-corrected chi connectivity index (χ3v) is 3.50. The van der Waals surface area contributed by atoms with Crippen molar-refractivity contribution in [2.24, 2.45) is 0 Å². The minimum atomic E-state index is 0.803. The number of hydrogen-bond donors (Lipinski definition) is 2. The Morgan fingerprint density at radius 1 is 1.44 bits per heavy atom. The van der Waals surface area contributed by atoms with Crippen molar-refractivity contribution in [1.29, 1.82) is 0 Å². The summed E-state index contributed by atoms with van der Waals surface area (Å²) in [6, 6.07) is 4.19. The second-order valence-electron chi connectivity index (χ2n) is 3.84. The van der Waals surface area contributed by atoms with Gasteiger partial charge in [0.15, 0.2) is 0 Å². The monoisotopic (exact) mass is 282 g/mol. The van der Waals surface area contributed by atoms with Crippen molar-refractivity contribution in [3.63, 3.8) is 0 Å². The van der Waals surface area contributed by atoms with Crippen molar-refractivity contribution in [3.8, 4) is 5.75 Å². The molecule has 0 saturated heterocycles. The first-order valence-corrected chi connectivity index (χ1v) is 5.96. The first-order valence-electron chi connectivity index (χ1n) is 5.16. The molecule has 0 unspecified atom stereocenters. The molecule has 16 heavy (non-hydrogen) atoms. The zero-order valence-electron chi connectivity index (χ0n) is 9.65. The first-order chi connectivity index (χ1) is 7.67. The van der Waals surface area contributed by atoms with Crippen molar-refractivity contribution in [1.82, 2.24) is 10.3 Å². The van der Waals surface area contributed by atoms with Crippen LogP contribution in [0.25, 0.3) is 10.9 Å². The number of rotatable bonds is 3. The van der Waals surface area contributed by atoms with Gasteiger partial charge in [-0.05, 0) is 47.6 Å². The number of ether oxygens (including phenoxy) is 1. The Bertz CT molecular complexity index is 519. The SMILES string of the molecule is CNCc1[nH]c2c(OC)cc(C)cc2c1Br. The normalized spacial score (nSPS) is 11.0. The third-order valence-electron chi connectivity index (χ3n) is 2.60. The lowest BCUT2D eigenvalue weighted by Gasteiger charge is -2.03. The predicted molar refractivity (Wildman–Crippen MR) is 70.1 cm³/mol. The summed E-state index contributed by atoms with van der Waals surface area (Å²) in [5.41, 5.74) is 3.38. The van der Waals surface area contributed by atoms with Gasteiger partial charge in [0, 0.05) is 22.1 Å². The molecule has 0 fully saturated rings. The fourth-order valence-electron chi connectivity index (χ4n) is 1.88. The molecular weight excluding hydrogens is 268 g/mol. The fraction of sp³-hybridized carbons (Fsp3) is 0.333. The predicted octanol–water partition coefficient (Wildman–Crippen LogP) is 2.97. The molecule has 0 aliphatic carbocycles. The van der Waals surface area contributed by atoms with E-state index < -0.39 is 0 Å². The minimum absolute atomic E-state index is 0.803. The van der Waals surface area contributed by atoms with Crippen molar-refractivity contribution in [3.05, 3.63) is 27.9 Å². The summed E-state index contributed by atoms with van der Waals surface area (Å²) in [7, 11) is 3.63. The van der Waals surface area contributed by atoms with E-state index in [1.165, 1.54) is 10.9 Å². The number of methoxy groups -OCH3 is 1. The summed E-state index contributed by atoms with van der Waals surface area (Å²) in [4.78, 5) is 3.38. The van der Waals surface area contributed by atoms with Crippen LogP contribution in [0.2, 0.25) is 0 Å².